The third kappa shape index (κ3) is 4.66. The smallest absolute Gasteiger partial charge is 0.391 e. The molecule has 1 heterocycles. The van der Waals surface area contributed by atoms with Gasteiger partial charge in [0, 0.05) is 12.2 Å². The first-order valence-corrected chi connectivity index (χ1v) is 4.67. The number of aromatic nitrogens is 2. The van der Waals surface area contributed by atoms with Gasteiger partial charge in [0.2, 0.25) is 5.95 Å². The van der Waals surface area contributed by atoms with Crippen molar-refractivity contribution in [2.75, 3.05) is 5.32 Å². The fourth-order valence-corrected chi connectivity index (χ4v) is 1.17. The predicted octanol–water partition coefficient (Wildman–Crippen LogP) is 1.93. The maximum Gasteiger partial charge on any atom is 0.391 e. The van der Waals surface area contributed by atoms with E-state index in [9.17, 15) is 18.0 Å². The number of alkyl halides is 3. The first-order valence-electron chi connectivity index (χ1n) is 4.67. The van der Waals surface area contributed by atoms with Gasteiger partial charge in [0.25, 0.3) is 0 Å². The number of nitrogens with zero attached hydrogens (tertiary/aromatic N) is 2. The van der Waals surface area contributed by atoms with Gasteiger partial charge < -0.3 is 10.4 Å². The van der Waals surface area contributed by atoms with Crippen LogP contribution in [0.5, 0.6) is 0 Å². The summed E-state index contributed by atoms with van der Waals surface area (Å²) in [7, 11) is 0. The van der Waals surface area contributed by atoms with E-state index < -0.39 is 24.6 Å². The molecule has 0 amide bonds. The second-order valence-corrected chi connectivity index (χ2v) is 3.44. The Kier molecular flexibility index (Phi) is 3.87. The van der Waals surface area contributed by atoms with Gasteiger partial charge in [-0.15, -0.1) is 0 Å². The van der Waals surface area contributed by atoms with E-state index >= 15 is 0 Å². The number of anilines is 1. The Hall–Kier alpha value is -1.86. The number of carboxylic acids is 1. The third-order valence-corrected chi connectivity index (χ3v) is 1.79. The van der Waals surface area contributed by atoms with Crippen LogP contribution in [-0.2, 0) is 0 Å². The van der Waals surface area contributed by atoms with Crippen LogP contribution in [0.25, 0.3) is 0 Å². The first-order chi connectivity index (χ1) is 7.78. The van der Waals surface area contributed by atoms with Crippen LogP contribution in [0.3, 0.4) is 0 Å². The fourth-order valence-electron chi connectivity index (χ4n) is 1.17. The van der Waals surface area contributed by atoms with Crippen molar-refractivity contribution in [1.82, 2.24) is 9.97 Å². The minimum absolute atomic E-state index is 0.137. The van der Waals surface area contributed by atoms with Crippen molar-refractivity contribution in [3.63, 3.8) is 0 Å². The van der Waals surface area contributed by atoms with Gasteiger partial charge in [-0.2, -0.15) is 13.2 Å². The fraction of sp³-hybridized carbons (Fsp3) is 0.444. The second-order valence-electron chi connectivity index (χ2n) is 3.44. The maximum absolute atomic E-state index is 12.0. The molecule has 8 heteroatoms. The number of rotatable bonds is 4. The molecule has 1 rings (SSSR count). The number of nitrogens with one attached hydrogen (secondary N) is 1. The highest BCUT2D eigenvalue weighted by Crippen LogP contribution is 2.22. The lowest BCUT2D eigenvalue weighted by Gasteiger charge is -2.15. The molecule has 94 valence electrons. The van der Waals surface area contributed by atoms with Gasteiger partial charge in [-0.05, 0) is 13.0 Å². The summed E-state index contributed by atoms with van der Waals surface area (Å²) in [4.78, 5) is 17.8. The van der Waals surface area contributed by atoms with E-state index in [1.165, 1.54) is 13.1 Å². The molecule has 5 nitrogen and oxygen atoms in total. The van der Waals surface area contributed by atoms with Gasteiger partial charge in [-0.3, -0.25) is 0 Å². The van der Waals surface area contributed by atoms with E-state index in [1.807, 2.05) is 0 Å². The van der Waals surface area contributed by atoms with E-state index in [0.717, 1.165) is 6.07 Å². The molecule has 0 aromatic carbocycles. The maximum atomic E-state index is 12.0. The van der Waals surface area contributed by atoms with Gasteiger partial charge in [0.15, 0.2) is 5.69 Å². The van der Waals surface area contributed by atoms with Crippen LogP contribution in [0.2, 0.25) is 0 Å². The number of carboxylic acid groups (broad SMARTS) is 1. The predicted molar refractivity (Wildman–Crippen MR) is 52.7 cm³/mol. The Labute approximate surface area is 94.7 Å². The van der Waals surface area contributed by atoms with Crippen molar-refractivity contribution in [1.29, 1.82) is 0 Å². The molecule has 0 saturated heterocycles. The molecule has 1 aromatic heterocycles. The quantitative estimate of drug-likeness (QED) is 0.852. The van der Waals surface area contributed by atoms with Crippen LogP contribution in [0.1, 0.15) is 23.8 Å². The van der Waals surface area contributed by atoms with Gasteiger partial charge in [0.1, 0.15) is 0 Å². The van der Waals surface area contributed by atoms with E-state index in [-0.39, 0.29) is 11.6 Å². The highest BCUT2D eigenvalue weighted by atomic mass is 19.4. The first kappa shape index (κ1) is 13.2. The molecule has 0 aliphatic carbocycles. The SMILES string of the molecule is CC(CC(F)(F)F)Nc1nccc(C(=O)O)n1. The number of aromatic carboxylic acids is 1. The molecule has 0 aliphatic heterocycles. The van der Waals surface area contributed by atoms with Crippen LogP contribution in [0, 0.1) is 0 Å². The van der Waals surface area contributed by atoms with Crippen molar-refractivity contribution < 1.29 is 23.1 Å². The molecular weight excluding hydrogens is 239 g/mol. The monoisotopic (exact) mass is 249 g/mol. The summed E-state index contributed by atoms with van der Waals surface area (Å²) in [6.07, 6.45) is -4.18. The lowest BCUT2D eigenvalue weighted by Crippen LogP contribution is -2.25. The lowest BCUT2D eigenvalue weighted by molar-refractivity contribution is -0.136. The van der Waals surface area contributed by atoms with Gasteiger partial charge in [-0.1, -0.05) is 0 Å². The summed E-state index contributed by atoms with van der Waals surface area (Å²) in [5.41, 5.74) is -0.276. The molecule has 0 bridgehead atoms. The molecule has 1 atom stereocenters. The average Bonchev–Trinajstić information content (AvgIpc) is 2.14. The van der Waals surface area contributed by atoms with Crippen molar-refractivity contribution >= 4 is 11.9 Å². The minimum atomic E-state index is -4.29. The van der Waals surface area contributed by atoms with Crippen molar-refractivity contribution in [3.8, 4) is 0 Å². The number of halogens is 3. The number of hydrogen-bond acceptors (Lipinski definition) is 4. The van der Waals surface area contributed by atoms with E-state index in [2.05, 4.69) is 15.3 Å². The van der Waals surface area contributed by atoms with Crippen LogP contribution in [0.4, 0.5) is 19.1 Å². The molecule has 0 radical (unpaired) electrons. The highest BCUT2D eigenvalue weighted by Gasteiger charge is 2.30. The Bertz CT molecular complexity index is 409. The topological polar surface area (TPSA) is 75.1 Å². The van der Waals surface area contributed by atoms with Gasteiger partial charge in [-0.25, -0.2) is 14.8 Å². The second kappa shape index (κ2) is 4.98. The largest absolute Gasteiger partial charge is 0.477 e. The van der Waals surface area contributed by atoms with E-state index in [4.69, 9.17) is 5.11 Å². The molecular formula is C9H10F3N3O2. The lowest BCUT2D eigenvalue weighted by atomic mass is 10.2. The summed E-state index contributed by atoms with van der Waals surface area (Å²) >= 11 is 0. The van der Waals surface area contributed by atoms with Crippen LogP contribution < -0.4 is 5.32 Å². The summed E-state index contributed by atoms with van der Waals surface area (Å²) < 4.78 is 36.1. The van der Waals surface area contributed by atoms with Crippen molar-refractivity contribution in [2.45, 2.75) is 25.6 Å². The molecule has 0 aliphatic rings. The van der Waals surface area contributed by atoms with Crippen LogP contribution in [-0.4, -0.2) is 33.3 Å². The third-order valence-electron chi connectivity index (χ3n) is 1.79. The molecule has 1 aromatic rings. The van der Waals surface area contributed by atoms with Crippen LogP contribution in [0.15, 0.2) is 12.3 Å². The van der Waals surface area contributed by atoms with E-state index in [1.54, 1.807) is 0 Å². The standard InChI is InChI=1S/C9H10F3N3O2/c1-5(4-9(10,11)12)14-8-13-3-2-6(15-8)7(16)17/h2-3,5H,4H2,1H3,(H,16,17)(H,13,14,15). The molecule has 0 spiro atoms. The summed E-state index contributed by atoms with van der Waals surface area (Å²) in [6, 6.07) is 0.223. The summed E-state index contributed by atoms with van der Waals surface area (Å²) in [5.74, 6) is -1.40. The van der Waals surface area contributed by atoms with E-state index in [0.29, 0.717) is 0 Å². The average molecular weight is 249 g/mol. The van der Waals surface area contributed by atoms with Crippen molar-refractivity contribution in [2.24, 2.45) is 0 Å². The van der Waals surface area contributed by atoms with Crippen molar-refractivity contribution in [3.05, 3.63) is 18.0 Å². The molecule has 1 unspecified atom stereocenters. The zero-order valence-electron chi connectivity index (χ0n) is 8.82. The Morgan fingerprint density at radius 3 is 2.76 bits per heavy atom. The van der Waals surface area contributed by atoms with Gasteiger partial charge >= 0.3 is 12.1 Å². The molecule has 0 saturated carbocycles. The van der Waals surface area contributed by atoms with Gasteiger partial charge in [0.05, 0.1) is 6.42 Å². The summed E-state index contributed by atoms with van der Waals surface area (Å²) in [6.45, 7) is 1.31. The molecule has 0 fully saturated rings. The normalized spacial score (nSPS) is 13.2. The minimum Gasteiger partial charge on any atom is -0.477 e. The molecule has 2 N–H and O–H groups in total. The Morgan fingerprint density at radius 1 is 1.59 bits per heavy atom. The Morgan fingerprint density at radius 2 is 2.24 bits per heavy atom. The number of carbonyl (C=O) groups is 1. The molecule has 17 heavy (non-hydrogen) atoms. The van der Waals surface area contributed by atoms with Crippen LogP contribution >= 0.6 is 0 Å². The highest BCUT2D eigenvalue weighted by molar-refractivity contribution is 5.85. The number of hydrogen-bond donors (Lipinski definition) is 2. The summed E-state index contributed by atoms with van der Waals surface area (Å²) in [5, 5.41) is 11.0. The zero-order valence-corrected chi connectivity index (χ0v) is 8.82. The zero-order chi connectivity index (χ0) is 13.1. The Balaban J connectivity index is 2.68.